The fraction of sp³-hybridized carbons (Fsp3) is 0.105. The van der Waals surface area contributed by atoms with Crippen molar-refractivity contribution in [1.82, 2.24) is 10.4 Å². The Kier molecular flexibility index (Phi) is 5.01. The maximum Gasteiger partial charge on any atom is 0.285 e. The average molecular weight is 433 g/mol. The lowest BCUT2D eigenvalue weighted by atomic mass is 10.1. The molecule has 142 valence electrons. The Hall–Kier alpha value is -2.55. The number of fused-ring (bicyclic) bond motifs is 1. The van der Waals surface area contributed by atoms with Gasteiger partial charge in [0, 0.05) is 5.56 Å². The fourth-order valence-electron chi connectivity index (χ4n) is 2.78. The molecule has 0 radical (unpaired) electrons. The first-order chi connectivity index (χ1) is 13.4. The van der Waals surface area contributed by atoms with Crippen LogP contribution in [-0.4, -0.2) is 27.9 Å². The van der Waals surface area contributed by atoms with Crippen molar-refractivity contribution in [1.29, 1.82) is 0 Å². The summed E-state index contributed by atoms with van der Waals surface area (Å²) in [6, 6.07) is 10.5. The van der Waals surface area contributed by atoms with E-state index >= 15 is 0 Å². The first-order valence-electron chi connectivity index (χ1n) is 8.18. The van der Waals surface area contributed by atoms with Crippen molar-refractivity contribution in [2.45, 2.75) is 6.92 Å². The molecule has 0 spiro atoms. The van der Waals surface area contributed by atoms with Crippen molar-refractivity contribution in [3.8, 4) is 11.5 Å². The number of carbonyl (C=O) groups excluding carboxylic acids is 2. The summed E-state index contributed by atoms with van der Waals surface area (Å²) < 4.78 is 10.9. The third-order valence-corrected chi connectivity index (χ3v) is 5.73. The molecule has 6 nitrogen and oxygen atoms in total. The third kappa shape index (κ3) is 3.46. The summed E-state index contributed by atoms with van der Waals surface area (Å²) in [5, 5.41) is 1.47. The molecular weight excluding hydrogens is 420 g/mol. The molecule has 0 aliphatic carbocycles. The number of hydrogen-bond donors (Lipinski definition) is 1. The second-order valence-corrected chi connectivity index (χ2v) is 8.09. The van der Waals surface area contributed by atoms with E-state index in [1.165, 1.54) is 0 Å². The molecular formula is C19H13ClN2O4S2. The molecule has 2 aromatic carbocycles. The Morgan fingerprint density at radius 2 is 2.11 bits per heavy atom. The summed E-state index contributed by atoms with van der Waals surface area (Å²) in [4.78, 5) is 25.6. The van der Waals surface area contributed by atoms with Gasteiger partial charge in [0.2, 0.25) is 6.79 Å². The van der Waals surface area contributed by atoms with Gasteiger partial charge in [-0.3, -0.25) is 15.0 Å². The summed E-state index contributed by atoms with van der Waals surface area (Å²) in [5.41, 5.74) is 4.52. The molecule has 2 heterocycles. The van der Waals surface area contributed by atoms with E-state index in [0.29, 0.717) is 32.6 Å². The van der Waals surface area contributed by atoms with Crippen LogP contribution in [0.4, 0.5) is 0 Å². The van der Waals surface area contributed by atoms with Crippen LogP contribution in [0.15, 0.2) is 41.3 Å². The summed E-state index contributed by atoms with van der Waals surface area (Å²) in [5.74, 6) is 0.187. The van der Waals surface area contributed by atoms with Crippen molar-refractivity contribution in [3.63, 3.8) is 0 Å². The van der Waals surface area contributed by atoms with Gasteiger partial charge in [-0.05, 0) is 54.5 Å². The van der Waals surface area contributed by atoms with Gasteiger partial charge in [-0.15, -0.1) is 0 Å². The molecule has 0 bridgehead atoms. The summed E-state index contributed by atoms with van der Waals surface area (Å²) in [6.45, 7) is 1.92. The lowest BCUT2D eigenvalue weighted by Crippen LogP contribution is -2.45. The number of hydrogen-bond acceptors (Lipinski definition) is 6. The van der Waals surface area contributed by atoms with E-state index in [9.17, 15) is 9.59 Å². The first kappa shape index (κ1) is 18.8. The maximum atomic E-state index is 12.7. The van der Waals surface area contributed by atoms with Crippen LogP contribution >= 0.6 is 35.6 Å². The Morgan fingerprint density at radius 3 is 2.89 bits per heavy atom. The largest absolute Gasteiger partial charge is 0.454 e. The molecule has 0 saturated carbocycles. The van der Waals surface area contributed by atoms with Gasteiger partial charge in [0.25, 0.3) is 11.8 Å². The van der Waals surface area contributed by atoms with Gasteiger partial charge in [-0.1, -0.05) is 41.6 Å². The predicted molar refractivity (Wildman–Crippen MR) is 111 cm³/mol. The van der Waals surface area contributed by atoms with Crippen LogP contribution in [-0.2, 0) is 4.79 Å². The van der Waals surface area contributed by atoms with E-state index in [4.69, 9.17) is 33.3 Å². The van der Waals surface area contributed by atoms with Gasteiger partial charge in [-0.25, -0.2) is 0 Å². The van der Waals surface area contributed by atoms with Gasteiger partial charge in [0.1, 0.15) is 0 Å². The lowest BCUT2D eigenvalue weighted by Gasteiger charge is -2.16. The minimum Gasteiger partial charge on any atom is -0.454 e. The minimum absolute atomic E-state index is 0.103. The number of nitrogens with zero attached hydrogens (tertiary/aromatic N) is 1. The number of halogens is 1. The van der Waals surface area contributed by atoms with Crippen LogP contribution in [0.3, 0.4) is 0 Å². The number of carbonyl (C=O) groups is 2. The van der Waals surface area contributed by atoms with Crippen molar-refractivity contribution >= 4 is 57.8 Å². The number of amides is 2. The molecule has 4 rings (SSSR count). The van der Waals surface area contributed by atoms with Crippen molar-refractivity contribution in [3.05, 3.63) is 63.0 Å². The summed E-state index contributed by atoms with van der Waals surface area (Å²) >= 11 is 12.5. The molecule has 2 amide bonds. The quantitative estimate of drug-likeness (QED) is 0.585. The van der Waals surface area contributed by atoms with Crippen LogP contribution in [0.5, 0.6) is 11.5 Å². The SMILES string of the molecule is Cc1ccccc1C(=O)NN1C(=O)/C(=C\c2cc(Cl)c3c(c2)OCO3)SC1=S. The monoisotopic (exact) mass is 432 g/mol. The van der Waals surface area contributed by atoms with E-state index in [2.05, 4.69) is 5.43 Å². The molecule has 2 aliphatic heterocycles. The van der Waals surface area contributed by atoms with Crippen LogP contribution in [0.25, 0.3) is 6.08 Å². The highest BCUT2D eigenvalue weighted by molar-refractivity contribution is 8.26. The first-order valence-corrected chi connectivity index (χ1v) is 9.78. The second kappa shape index (κ2) is 7.46. The minimum atomic E-state index is -0.411. The molecule has 1 fully saturated rings. The summed E-state index contributed by atoms with van der Waals surface area (Å²) in [6.07, 6.45) is 1.65. The highest BCUT2D eigenvalue weighted by atomic mass is 35.5. The molecule has 0 atom stereocenters. The van der Waals surface area contributed by atoms with Crippen molar-refractivity contribution in [2.75, 3.05) is 6.79 Å². The number of rotatable bonds is 3. The molecule has 9 heteroatoms. The highest BCUT2D eigenvalue weighted by Gasteiger charge is 2.34. The smallest absolute Gasteiger partial charge is 0.285 e. The number of nitrogens with one attached hydrogen (secondary N) is 1. The topological polar surface area (TPSA) is 67.9 Å². The van der Waals surface area contributed by atoms with E-state index < -0.39 is 11.8 Å². The van der Waals surface area contributed by atoms with Gasteiger partial charge in [0.05, 0.1) is 9.93 Å². The number of hydrazine groups is 1. The van der Waals surface area contributed by atoms with Crippen LogP contribution in [0.2, 0.25) is 5.02 Å². The number of thioether (sulfide) groups is 1. The molecule has 0 aromatic heterocycles. The van der Waals surface area contributed by atoms with Gasteiger partial charge >= 0.3 is 0 Å². The van der Waals surface area contributed by atoms with Gasteiger partial charge in [0.15, 0.2) is 15.8 Å². The van der Waals surface area contributed by atoms with E-state index in [1.807, 2.05) is 19.1 Å². The second-order valence-electron chi connectivity index (χ2n) is 6.01. The van der Waals surface area contributed by atoms with Crippen LogP contribution < -0.4 is 14.9 Å². The number of aryl methyl sites for hydroxylation is 1. The normalized spacial score (nSPS) is 16.8. The van der Waals surface area contributed by atoms with E-state index in [-0.39, 0.29) is 11.1 Å². The number of benzene rings is 2. The van der Waals surface area contributed by atoms with Crippen LogP contribution in [0.1, 0.15) is 21.5 Å². The molecule has 1 N–H and O–H groups in total. The van der Waals surface area contributed by atoms with E-state index in [0.717, 1.165) is 22.3 Å². The Morgan fingerprint density at radius 1 is 1.32 bits per heavy atom. The van der Waals surface area contributed by atoms with Gasteiger partial charge in [-0.2, -0.15) is 5.01 Å². The van der Waals surface area contributed by atoms with Crippen LogP contribution in [0, 0.1) is 6.92 Å². The zero-order valence-corrected chi connectivity index (χ0v) is 16.9. The molecule has 0 unspecified atom stereocenters. The molecule has 1 saturated heterocycles. The number of ether oxygens (including phenoxy) is 2. The number of thiocarbonyl (C=S) groups is 1. The molecule has 28 heavy (non-hydrogen) atoms. The lowest BCUT2D eigenvalue weighted by molar-refractivity contribution is -0.123. The maximum absolute atomic E-state index is 12.7. The van der Waals surface area contributed by atoms with Gasteiger partial charge < -0.3 is 9.47 Å². The predicted octanol–water partition coefficient (Wildman–Crippen LogP) is 3.92. The third-order valence-electron chi connectivity index (χ3n) is 4.14. The molecule has 2 aliphatic rings. The molecule has 2 aromatic rings. The highest BCUT2D eigenvalue weighted by Crippen LogP contribution is 2.41. The standard InChI is InChI=1S/C19H13ClN2O4S2/c1-10-4-2-3-5-12(10)17(23)21-22-18(24)15(28-19(22)27)8-11-6-13(20)16-14(7-11)25-9-26-16/h2-8H,9H2,1H3,(H,21,23)/b15-8+. The zero-order chi connectivity index (χ0) is 19.8. The zero-order valence-electron chi connectivity index (χ0n) is 14.5. The van der Waals surface area contributed by atoms with E-state index in [1.54, 1.807) is 30.3 Å². The summed E-state index contributed by atoms with van der Waals surface area (Å²) in [7, 11) is 0. The Balaban J connectivity index is 1.56. The fourth-order valence-corrected chi connectivity index (χ4v) is 4.23. The Labute approximate surface area is 175 Å². The Bertz CT molecular complexity index is 1050. The van der Waals surface area contributed by atoms with Crippen molar-refractivity contribution in [2.24, 2.45) is 0 Å². The average Bonchev–Trinajstić information content (AvgIpc) is 3.23. The van der Waals surface area contributed by atoms with Crippen molar-refractivity contribution < 1.29 is 19.1 Å².